The van der Waals surface area contributed by atoms with Crippen LogP contribution in [-0.4, -0.2) is 46.9 Å². The summed E-state index contributed by atoms with van der Waals surface area (Å²) in [6.07, 6.45) is 0.710. The quantitative estimate of drug-likeness (QED) is 0.191. The molecular weight excluding hydrogens is 459 g/mol. The summed E-state index contributed by atoms with van der Waals surface area (Å²) in [5, 5.41) is 17.4. The second-order valence-electron chi connectivity index (χ2n) is 7.35. The van der Waals surface area contributed by atoms with Crippen LogP contribution in [0.15, 0.2) is 63.2 Å². The molecule has 1 aromatic heterocycles. The number of rotatable bonds is 10. The Kier molecular flexibility index (Phi) is 8.28. The lowest BCUT2D eigenvalue weighted by Gasteiger charge is -2.09. The molecule has 0 radical (unpaired) electrons. The van der Waals surface area contributed by atoms with Gasteiger partial charge in [0.2, 0.25) is 0 Å². The molecule has 1 amide bonds. The summed E-state index contributed by atoms with van der Waals surface area (Å²) in [6, 6.07) is 11.1. The molecule has 0 saturated carbocycles. The van der Waals surface area contributed by atoms with E-state index in [0.717, 1.165) is 0 Å². The lowest BCUT2D eigenvalue weighted by atomic mass is 10.1. The topological polar surface area (TPSA) is 150 Å². The number of carboxylic acids is 1. The highest BCUT2D eigenvalue weighted by Gasteiger charge is 2.17. The predicted octanol–water partition coefficient (Wildman–Crippen LogP) is 3.91. The van der Waals surface area contributed by atoms with E-state index in [-0.39, 0.29) is 46.6 Å². The molecule has 2 aromatic carbocycles. The number of carbonyl (C=O) groups is 2. The minimum absolute atomic E-state index is 0.0105. The van der Waals surface area contributed by atoms with Crippen LogP contribution in [0.5, 0.6) is 5.75 Å². The van der Waals surface area contributed by atoms with Crippen molar-refractivity contribution in [1.82, 2.24) is 5.16 Å². The Balaban J connectivity index is 1.87. The van der Waals surface area contributed by atoms with E-state index in [0.29, 0.717) is 24.3 Å². The highest BCUT2D eigenvalue weighted by Crippen LogP contribution is 2.22. The number of nitrogens with zero attached hydrogens (tertiary/aromatic N) is 3. The number of carboxylic acid groups (broad SMARTS) is 1. The molecule has 11 heteroatoms. The Bertz CT molecular complexity index is 1260. The summed E-state index contributed by atoms with van der Waals surface area (Å²) >= 11 is 0. The van der Waals surface area contributed by atoms with Gasteiger partial charge in [-0.15, -0.1) is 0 Å². The maximum absolute atomic E-state index is 13.2. The number of ether oxygens (including phenoxy) is 1. The minimum atomic E-state index is -1.25. The molecule has 0 atom stereocenters. The Hall–Kier alpha value is -4.54. The van der Waals surface area contributed by atoms with Gasteiger partial charge in [0, 0.05) is 17.2 Å². The first kappa shape index (κ1) is 25.1. The maximum atomic E-state index is 13.2. The van der Waals surface area contributed by atoms with Crippen LogP contribution in [0, 0.1) is 5.82 Å². The van der Waals surface area contributed by atoms with Gasteiger partial charge in [-0.25, -0.2) is 9.18 Å². The van der Waals surface area contributed by atoms with Gasteiger partial charge in [0.25, 0.3) is 5.91 Å². The van der Waals surface area contributed by atoms with Gasteiger partial charge in [-0.05, 0) is 55.8 Å². The van der Waals surface area contributed by atoms with Crippen LogP contribution in [0.25, 0.3) is 11.3 Å². The second kappa shape index (κ2) is 11.5. The summed E-state index contributed by atoms with van der Waals surface area (Å²) in [5.41, 5.74) is 6.57. The van der Waals surface area contributed by atoms with Crippen molar-refractivity contribution in [2.75, 3.05) is 13.2 Å². The van der Waals surface area contributed by atoms with E-state index >= 15 is 0 Å². The number of aliphatic imine (C=N–C) groups is 1. The SMILES string of the molecule is CCCO/N=C(\COc1cc(C(=O)O)cc(C(=O)N=C(C)N)c1)c1cc(-c2ccc(F)cc2)no1. The van der Waals surface area contributed by atoms with Crippen molar-refractivity contribution in [3.05, 3.63) is 71.2 Å². The van der Waals surface area contributed by atoms with E-state index in [1.165, 1.54) is 37.3 Å². The average molecular weight is 482 g/mol. The zero-order valence-electron chi connectivity index (χ0n) is 19.0. The third kappa shape index (κ3) is 6.97. The highest BCUT2D eigenvalue weighted by atomic mass is 19.1. The van der Waals surface area contributed by atoms with Gasteiger partial charge < -0.3 is 24.9 Å². The fourth-order valence-electron chi connectivity index (χ4n) is 2.83. The molecular formula is C24H23FN4O6. The molecule has 3 N–H and O–H groups in total. The number of hydrogen-bond acceptors (Lipinski definition) is 7. The number of oxime groups is 1. The van der Waals surface area contributed by atoms with Gasteiger partial charge in [0.05, 0.1) is 5.56 Å². The molecule has 3 rings (SSSR count). The van der Waals surface area contributed by atoms with E-state index in [9.17, 15) is 19.1 Å². The molecule has 0 spiro atoms. The summed E-state index contributed by atoms with van der Waals surface area (Å²) in [7, 11) is 0. The first-order valence-electron chi connectivity index (χ1n) is 10.5. The van der Waals surface area contributed by atoms with Crippen LogP contribution in [0.3, 0.4) is 0 Å². The number of hydrogen-bond donors (Lipinski definition) is 2. The summed E-state index contributed by atoms with van der Waals surface area (Å²) in [4.78, 5) is 32.7. The van der Waals surface area contributed by atoms with Gasteiger partial charge in [-0.3, -0.25) is 4.79 Å². The number of aromatic nitrogens is 1. The van der Waals surface area contributed by atoms with Crippen LogP contribution < -0.4 is 10.5 Å². The molecule has 0 aliphatic carbocycles. The molecule has 0 fully saturated rings. The van der Waals surface area contributed by atoms with Crippen LogP contribution in [0.2, 0.25) is 0 Å². The van der Waals surface area contributed by atoms with E-state index in [1.807, 2.05) is 6.92 Å². The van der Waals surface area contributed by atoms with Crippen LogP contribution in [0.4, 0.5) is 4.39 Å². The standard InChI is InChI=1S/C24H23FN4O6/c1-3-8-34-28-21(22-12-20(29-35-22)15-4-6-18(25)7-5-15)13-33-19-10-16(23(30)27-14(2)26)9-17(11-19)24(31)32/h4-7,9-12H,3,8,13H2,1-2H3,(H,31,32)(H2,26,27,30)/b28-21+. The number of aromatic carboxylic acids is 1. The van der Waals surface area contributed by atoms with Crippen molar-refractivity contribution in [3.8, 4) is 17.0 Å². The van der Waals surface area contributed by atoms with Crippen LogP contribution in [0.1, 0.15) is 46.7 Å². The zero-order valence-corrected chi connectivity index (χ0v) is 19.0. The summed E-state index contributed by atoms with van der Waals surface area (Å²) in [5.74, 6) is -2.00. The lowest BCUT2D eigenvalue weighted by Crippen LogP contribution is -2.14. The van der Waals surface area contributed by atoms with Crippen molar-refractivity contribution in [3.63, 3.8) is 0 Å². The van der Waals surface area contributed by atoms with Crippen molar-refractivity contribution >= 4 is 23.4 Å². The number of nitrogens with two attached hydrogens (primary N) is 1. The highest BCUT2D eigenvalue weighted by molar-refractivity contribution is 6.04. The third-order valence-electron chi connectivity index (χ3n) is 4.46. The van der Waals surface area contributed by atoms with Gasteiger partial charge in [0.1, 0.15) is 36.3 Å². The Labute approximate surface area is 199 Å². The number of carbonyl (C=O) groups excluding carboxylic acids is 1. The number of halogens is 1. The molecule has 0 bridgehead atoms. The smallest absolute Gasteiger partial charge is 0.335 e. The molecule has 0 aliphatic rings. The molecule has 182 valence electrons. The zero-order chi connectivity index (χ0) is 25.4. The van der Waals surface area contributed by atoms with Gasteiger partial charge in [0.15, 0.2) is 11.5 Å². The predicted molar refractivity (Wildman–Crippen MR) is 125 cm³/mol. The minimum Gasteiger partial charge on any atom is -0.487 e. The van der Waals surface area contributed by atoms with Gasteiger partial charge in [-0.1, -0.05) is 17.2 Å². The summed E-state index contributed by atoms with van der Waals surface area (Å²) in [6.45, 7) is 3.49. The largest absolute Gasteiger partial charge is 0.487 e. The molecule has 3 aromatic rings. The van der Waals surface area contributed by atoms with Crippen molar-refractivity contribution in [1.29, 1.82) is 0 Å². The van der Waals surface area contributed by atoms with Crippen molar-refractivity contribution in [2.24, 2.45) is 15.9 Å². The molecule has 0 aliphatic heterocycles. The first-order chi connectivity index (χ1) is 16.8. The normalized spacial score (nSPS) is 11.9. The fraction of sp³-hybridized carbons (Fsp3) is 0.208. The Morgan fingerprint density at radius 1 is 1.14 bits per heavy atom. The van der Waals surface area contributed by atoms with Crippen LogP contribution >= 0.6 is 0 Å². The van der Waals surface area contributed by atoms with E-state index in [2.05, 4.69) is 15.3 Å². The Morgan fingerprint density at radius 2 is 1.86 bits per heavy atom. The summed E-state index contributed by atoms with van der Waals surface area (Å²) < 4.78 is 24.3. The van der Waals surface area contributed by atoms with Crippen molar-refractivity contribution in [2.45, 2.75) is 20.3 Å². The second-order valence-corrected chi connectivity index (χ2v) is 7.35. The van der Waals surface area contributed by atoms with E-state index in [4.69, 9.17) is 19.8 Å². The Morgan fingerprint density at radius 3 is 2.51 bits per heavy atom. The van der Waals surface area contributed by atoms with E-state index < -0.39 is 11.9 Å². The van der Waals surface area contributed by atoms with Gasteiger partial charge in [-0.2, -0.15) is 4.99 Å². The maximum Gasteiger partial charge on any atom is 0.335 e. The first-order valence-corrected chi connectivity index (χ1v) is 10.5. The molecule has 10 nitrogen and oxygen atoms in total. The third-order valence-corrected chi connectivity index (χ3v) is 4.46. The molecule has 35 heavy (non-hydrogen) atoms. The lowest BCUT2D eigenvalue weighted by molar-refractivity contribution is 0.0696. The molecule has 1 heterocycles. The number of amidine groups is 1. The van der Waals surface area contributed by atoms with Crippen LogP contribution in [-0.2, 0) is 4.84 Å². The fourth-order valence-corrected chi connectivity index (χ4v) is 2.83. The number of amides is 1. The van der Waals surface area contributed by atoms with Crippen molar-refractivity contribution < 1.29 is 33.2 Å². The monoisotopic (exact) mass is 482 g/mol. The number of benzene rings is 2. The van der Waals surface area contributed by atoms with E-state index in [1.54, 1.807) is 18.2 Å². The average Bonchev–Trinajstić information content (AvgIpc) is 3.31. The molecule has 0 unspecified atom stereocenters. The van der Waals surface area contributed by atoms with Gasteiger partial charge >= 0.3 is 5.97 Å². The molecule has 0 saturated heterocycles.